The van der Waals surface area contributed by atoms with Gasteiger partial charge >= 0.3 is 0 Å². The molecule has 0 bridgehead atoms. The molecule has 2 aromatic heterocycles. The van der Waals surface area contributed by atoms with Gasteiger partial charge in [-0.1, -0.05) is 18.2 Å². The van der Waals surface area contributed by atoms with Crippen LogP contribution in [0.25, 0.3) is 0 Å². The van der Waals surface area contributed by atoms with E-state index in [-0.39, 0.29) is 12.5 Å². The number of nitrogens with zero attached hydrogens (tertiary/aromatic N) is 6. The van der Waals surface area contributed by atoms with E-state index in [0.717, 1.165) is 10.7 Å². The molecule has 0 spiro atoms. The number of aromatic nitrogens is 3. The molecule has 166 valence electrons. The molecule has 0 radical (unpaired) electrons. The summed E-state index contributed by atoms with van der Waals surface area (Å²) in [6.07, 6.45) is 3.18. The van der Waals surface area contributed by atoms with E-state index < -0.39 is 11.8 Å². The molecule has 1 N–H and O–H groups in total. The Kier molecular flexibility index (Phi) is 5.39. The largest absolute Gasteiger partial charge is 0.353 e. The minimum absolute atomic E-state index is 0.246. The third kappa shape index (κ3) is 4.10. The molecule has 3 amide bonds. The Balaban J connectivity index is 1.19. The zero-order valence-corrected chi connectivity index (χ0v) is 17.7. The minimum Gasteiger partial charge on any atom is -0.353 e. The Morgan fingerprint density at radius 1 is 0.848 bits per heavy atom. The maximum atomic E-state index is 12.8. The maximum absolute atomic E-state index is 12.8. The molecule has 4 heterocycles. The summed E-state index contributed by atoms with van der Waals surface area (Å²) in [5.74, 6) is 0.974. The molecule has 2 aliphatic rings. The number of fused-ring (bicyclic) bond motifs is 1. The zero-order valence-electron chi connectivity index (χ0n) is 17.7. The highest BCUT2D eigenvalue weighted by Gasteiger charge is 2.37. The third-order valence-corrected chi connectivity index (χ3v) is 5.70. The van der Waals surface area contributed by atoms with Crippen LogP contribution in [0.1, 0.15) is 20.7 Å². The maximum Gasteiger partial charge on any atom is 0.262 e. The molecule has 0 saturated carbocycles. The standard InChI is InChI=1S/C23H21N7O3/c31-21(14-30-22(32)16-5-1-2-6-17(16)23(30)33)29-11-9-28(10-12-29)20-13-19(25-15-26-20)27-18-7-3-4-8-24-18/h1-8,13,15H,9-12,14H2,(H,24,25,26,27). The first-order valence-corrected chi connectivity index (χ1v) is 10.6. The van der Waals surface area contributed by atoms with Crippen molar-refractivity contribution < 1.29 is 14.4 Å². The number of rotatable bonds is 5. The van der Waals surface area contributed by atoms with Crippen molar-refractivity contribution in [3.63, 3.8) is 0 Å². The summed E-state index contributed by atoms with van der Waals surface area (Å²) < 4.78 is 0. The van der Waals surface area contributed by atoms with Gasteiger partial charge in [-0.2, -0.15) is 0 Å². The lowest BCUT2D eigenvalue weighted by Crippen LogP contribution is -2.52. The third-order valence-electron chi connectivity index (χ3n) is 5.70. The van der Waals surface area contributed by atoms with E-state index in [1.807, 2.05) is 24.3 Å². The van der Waals surface area contributed by atoms with Crippen LogP contribution in [0.15, 0.2) is 61.1 Å². The number of hydrogen-bond donors (Lipinski definition) is 1. The predicted octanol–water partition coefficient (Wildman–Crippen LogP) is 1.56. The predicted molar refractivity (Wildman–Crippen MR) is 120 cm³/mol. The number of carbonyl (C=O) groups excluding carboxylic acids is 3. The smallest absolute Gasteiger partial charge is 0.262 e. The van der Waals surface area contributed by atoms with Crippen LogP contribution < -0.4 is 10.2 Å². The fourth-order valence-corrected chi connectivity index (χ4v) is 3.96. The Hall–Kier alpha value is -4.34. The number of hydrogen-bond acceptors (Lipinski definition) is 8. The molecule has 2 aliphatic heterocycles. The van der Waals surface area contributed by atoms with E-state index in [2.05, 4.69) is 25.2 Å². The first-order chi connectivity index (χ1) is 16.1. The molecule has 1 aromatic carbocycles. The zero-order chi connectivity index (χ0) is 22.8. The topological polar surface area (TPSA) is 112 Å². The van der Waals surface area contributed by atoms with Gasteiger partial charge in [0.05, 0.1) is 11.1 Å². The molecule has 3 aromatic rings. The lowest BCUT2D eigenvalue weighted by atomic mass is 10.1. The van der Waals surface area contributed by atoms with Gasteiger partial charge in [-0.25, -0.2) is 15.0 Å². The second-order valence-electron chi connectivity index (χ2n) is 7.71. The Morgan fingerprint density at radius 3 is 2.21 bits per heavy atom. The van der Waals surface area contributed by atoms with Crippen LogP contribution in [-0.4, -0.2) is 75.2 Å². The number of piperazine rings is 1. The highest BCUT2D eigenvalue weighted by Crippen LogP contribution is 2.23. The van der Waals surface area contributed by atoms with Crippen molar-refractivity contribution in [2.24, 2.45) is 0 Å². The summed E-state index contributed by atoms with van der Waals surface area (Å²) >= 11 is 0. The first-order valence-electron chi connectivity index (χ1n) is 10.6. The Labute approximate surface area is 189 Å². The highest BCUT2D eigenvalue weighted by atomic mass is 16.2. The van der Waals surface area contributed by atoms with Crippen LogP contribution in [0, 0.1) is 0 Å². The van der Waals surface area contributed by atoms with E-state index in [1.165, 1.54) is 6.33 Å². The number of pyridine rings is 1. The summed E-state index contributed by atoms with van der Waals surface area (Å²) in [6.45, 7) is 1.84. The molecule has 5 rings (SSSR count). The van der Waals surface area contributed by atoms with Crippen LogP contribution in [0.3, 0.4) is 0 Å². The molecule has 1 saturated heterocycles. The molecule has 0 unspecified atom stereocenters. The number of carbonyl (C=O) groups is 3. The quantitative estimate of drug-likeness (QED) is 0.592. The lowest BCUT2D eigenvalue weighted by molar-refractivity contribution is -0.131. The molecule has 10 heteroatoms. The van der Waals surface area contributed by atoms with Gasteiger partial charge in [-0.05, 0) is 24.3 Å². The van der Waals surface area contributed by atoms with Gasteiger partial charge in [0.1, 0.15) is 30.3 Å². The fraction of sp³-hybridized carbons (Fsp3) is 0.217. The molecular weight excluding hydrogens is 422 g/mol. The molecule has 0 atom stereocenters. The van der Waals surface area contributed by atoms with Gasteiger partial charge in [0, 0.05) is 38.4 Å². The monoisotopic (exact) mass is 443 g/mol. The van der Waals surface area contributed by atoms with Gasteiger partial charge in [-0.3, -0.25) is 19.3 Å². The highest BCUT2D eigenvalue weighted by molar-refractivity contribution is 6.22. The van der Waals surface area contributed by atoms with Crippen molar-refractivity contribution in [3.05, 3.63) is 72.2 Å². The van der Waals surface area contributed by atoms with Crippen LogP contribution in [-0.2, 0) is 4.79 Å². The Bertz CT molecular complexity index is 1170. The van der Waals surface area contributed by atoms with Crippen LogP contribution in [0.2, 0.25) is 0 Å². The van der Waals surface area contributed by atoms with Crippen molar-refractivity contribution in [1.29, 1.82) is 0 Å². The Morgan fingerprint density at radius 2 is 1.55 bits per heavy atom. The SMILES string of the molecule is O=C(CN1C(=O)c2ccccc2C1=O)N1CCN(c2cc(Nc3ccccn3)ncn2)CC1. The normalized spacial score (nSPS) is 15.6. The van der Waals surface area contributed by atoms with E-state index in [1.54, 1.807) is 35.4 Å². The van der Waals surface area contributed by atoms with E-state index >= 15 is 0 Å². The summed E-state index contributed by atoms with van der Waals surface area (Å²) in [6, 6.07) is 14.0. The number of imide groups is 1. The number of anilines is 3. The second-order valence-corrected chi connectivity index (χ2v) is 7.71. The first kappa shape index (κ1) is 20.6. The number of nitrogens with one attached hydrogen (secondary N) is 1. The van der Waals surface area contributed by atoms with Gasteiger partial charge in [0.15, 0.2) is 0 Å². The molecule has 1 fully saturated rings. The van der Waals surface area contributed by atoms with E-state index in [4.69, 9.17) is 0 Å². The molecule has 0 aliphatic carbocycles. The minimum atomic E-state index is -0.420. The van der Waals surface area contributed by atoms with Crippen LogP contribution >= 0.6 is 0 Å². The lowest BCUT2D eigenvalue weighted by Gasteiger charge is -2.36. The van der Waals surface area contributed by atoms with Crippen molar-refractivity contribution in [3.8, 4) is 0 Å². The average molecular weight is 443 g/mol. The van der Waals surface area contributed by atoms with Crippen molar-refractivity contribution in [1.82, 2.24) is 24.8 Å². The molecule has 10 nitrogen and oxygen atoms in total. The number of amides is 3. The van der Waals surface area contributed by atoms with Gasteiger partial charge in [0.2, 0.25) is 5.91 Å². The second kappa shape index (κ2) is 8.65. The van der Waals surface area contributed by atoms with E-state index in [0.29, 0.717) is 48.9 Å². The summed E-state index contributed by atoms with van der Waals surface area (Å²) in [7, 11) is 0. The van der Waals surface area contributed by atoms with Crippen molar-refractivity contribution in [2.45, 2.75) is 0 Å². The van der Waals surface area contributed by atoms with Gasteiger partial charge in [-0.15, -0.1) is 0 Å². The molecular formula is C23H21N7O3. The van der Waals surface area contributed by atoms with Gasteiger partial charge in [0.25, 0.3) is 11.8 Å². The molecule has 33 heavy (non-hydrogen) atoms. The van der Waals surface area contributed by atoms with Crippen molar-refractivity contribution in [2.75, 3.05) is 42.9 Å². The summed E-state index contributed by atoms with van der Waals surface area (Å²) in [4.78, 5) is 55.5. The summed E-state index contributed by atoms with van der Waals surface area (Å²) in [5, 5.41) is 3.14. The average Bonchev–Trinajstić information content (AvgIpc) is 3.10. The van der Waals surface area contributed by atoms with Gasteiger partial charge < -0.3 is 15.1 Å². The van der Waals surface area contributed by atoms with Crippen LogP contribution in [0.4, 0.5) is 17.5 Å². The summed E-state index contributed by atoms with van der Waals surface area (Å²) in [5.41, 5.74) is 0.693. The fourth-order valence-electron chi connectivity index (χ4n) is 3.96. The van der Waals surface area contributed by atoms with Crippen LogP contribution in [0.5, 0.6) is 0 Å². The van der Waals surface area contributed by atoms with Crippen molar-refractivity contribution >= 4 is 35.2 Å². The van der Waals surface area contributed by atoms with E-state index in [9.17, 15) is 14.4 Å². The number of benzene rings is 1.